The maximum atomic E-state index is 11.5. The van der Waals surface area contributed by atoms with E-state index >= 15 is 0 Å². The molecule has 2 rings (SSSR count). The van der Waals surface area contributed by atoms with E-state index in [1.54, 1.807) is 12.0 Å². The zero-order valence-corrected chi connectivity index (χ0v) is 8.71. The molecule has 1 N–H and O–H groups in total. The number of ether oxygens (including phenoxy) is 1. The first-order valence-corrected chi connectivity index (χ1v) is 5.30. The molecule has 76 valence electrons. The van der Waals surface area contributed by atoms with Gasteiger partial charge in [0.15, 0.2) is 0 Å². The smallest absolute Gasteiger partial charge is 0.322 e. The molecule has 0 bridgehead atoms. The molecule has 0 aromatic carbocycles. The Balaban J connectivity index is 1.80. The molecule has 1 fully saturated rings. The maximum Gasteiger partial charge on any atom is 0.322 e. The van der Waals surface area contributed by atoms with Crippen molar-refractivity contribution < 1.29 is 9.53 Å². The van der Waals surface area contributed by atoms with E-state index in [1.165, 1.54) is 11.3 Å². The second kappa shape index (κ2) is 3.98. The number of methoxy groups -OCH3 is 1. The van der Waals surface area contributed by atoms with E-state index in [4.69, 9.17) is 4.74 Å². The van der Waals surface area contributed by atoms with E-state index in [0.29, 0.717) is 13.1 Å². The Hall–Kier alpha value is -1.07. The summed E-state index contributed by atoms with van der Waals surface area (Å²) in [6, 6.07) is 3.76. The van der Waals surface area contributed by atoms with Crippen LogP contribution in [0.25, 0.3) is 0 Å². The van der Waals surface area contributed by atoms with Gasteiger partial charge >= 0.3 is 6.03 Å². The lowest BCUT2D eigenvalue weighted by Crippen LogP contribution is -2.55. The molecule has 1 saturated heterocycles. The predicted molar refractivity (Wildman–Crippen MR) is 55.7 cm³/mol. The lowest BCUT2D eigenvalue weighted by molar-refractivity contribution is -0.00464. The van der Waals surface area contributed by atoms with Gasteiger partial charge in [0.1, 0.15) is 0 Å². The van der Waals surface area contributed by atoms with Crippen LogP contribution >= 0.6 is 11.3 Å². The van der Waals surface area contributed by atoms with Crippen LogP contribution in [-0.4, -0.2) is 37.2 Å². The van der Waals surface area contributed by atoms with Crippen LogP contribution < -0.4 is 5.32 Å². The van der Waals surface area contributed by atoms with E-state index in [0.717, 1.165) is 5.00 Å². The van der Waals surface area contributed by atoms with Gasteiger partial charge in [-0.3, -0.25) is 5.32 Å². The van der Waals surface area contributed by atoms with Crippen molar-refractivity contribution in [3.63, 3.8) is 0 Å². The predicted octanol–water partition coefficient (Wildman–Crippen LogP) is 1.61. The largest absolute Gasteiger partial charge is 0.378 e. The Bertz CT molecular complexity index is 307. The molecule has 1 aromatic heterocycles. The van der Waals surface area contributed by atoms with Crippen molar-refractivity contribution >= 4 is 22.4 Å². The molecule has 5 heteroatoms. The molecule has 0 spiro atoms. The molecule has 4 nitrogen and oxygen atoms in total. The van der Waals surface area contributed by atoms with E-state index in [9.17, 15) is 4.79 Å². The number of hydrogen-bond donors (Lipinski definition) is 1. The van der Waals surface area contributed by atoms with E-state index in [-0.39, 0.29) is 12.1 Å². The minimum atomic E-state index is -0.0410. The summed E-state index contributed by atoms with van der Waals surface area (Å²) in [5.41, 5.74) is 0. The van der Waals surface area contributed by atoms with Gasteiger partial charge in [-0.2, -0.15) is 0 Å². The van der Waals surface area contributed by atoms with Crippen molar-refractivity contribution in [2.45, 2.75) is 6.10 Å². The second-order valence-electron chi connectivity index (χ2n) is 3.17. The zero-order chi connectivity index (χ0) is 9.97. The van der Waals surface area contributed by atoms with Crippen LogP contribution in [0.2, 0.25) is 0 Å². The van der Waals surface area contributed by atoms with Gasteiger partial charge in [0.2, 0.25) is 0 Å². The van der Waals surface area contributed by atoms with Crippen molar-refractivity contribution in [1.29, 1.82) is 0 Å². The average molecular weight is 212 g/mol. The highest BCUT2D eigenvalue weighted by molar-refractivity contribution is 7.14. The van der Waals surface area contributed by atoms with Crippen LogP contribution in [0.5, 0.6) is 0 Å². The monoisotopic (exact) mass is 212 g/mol. The summed E-state index contributed by atoms with van der Waals surface area (Å²) >= 11 is 1.52. The first kappa shape index (κ1) is 9.48. The van der Waals surface area contributed by atoms with Crippen LogP contribution in [0.3, 0.4) is 0 Å². The molecule has 1 aliphatic heterocycles. The quantitative estimate of drug-likeness (QED) is 0.809. The second-order valence-corrected chi connectivity index (χ2v) is 4.12. The highest BCUT2D eigenvalue weighted by Crippen LogP contribution is 2.18. The third-order valence-electron chi connectivity index (χ3n) is 2.22. The normalized spacial score (nSPS) is 16.5. The molecule has 14 heavy (non-hydrogen) atoms. The molecule has 0 saturated carbocycles. The summed E-state index contributed by atoms with van der Waals surface area (Å²) in [6.07, 6.45) is 0.212. The summed E-state index contributed by atoms with van der Waals surface area (Å²) in [5, 5.41) is 5.64. The number of carbonyl (C=O) groups excluding carboxylic acids is 1. The summed E-state index contributed by atoms with van der Waals surface area (Å²) < 4.78 is 5.08. The number of carbonyl (C=O) groups is 1. The van der Waals surface area contributed by atoms with Gasteiger partial charge in [0, 0.05) is 7.11 Å². The topological polar surface area (TPSA) is 41.6 Å². The van der Waals surface area contributed by atoms with Crippen LogP contribution in [0.15, 0.2) is 17.5 Å². The lowest BCUT2D eigenvalue weighted by atomic mass is 10.2. The summed E-state index contributed by atoms with van der Waals surface area (Å²) in [6.45, 7) is 1.38. The first-order chi connectivity index (χ1) is 6.79. The highest BCUT2D eigenvalue weighted by Gasteiger charge is 2.30. The summed E-state index contributed by atoms with van der Waals surface area (Å²) in [4.78, 5) is 13.3. The van der Waals surface area contributed by atoms with Gasteiger partial charge in [-0.1, -0.05) is 0 Å². The minimum Gasteiger partial charge on any atom is -0.378 e. The maximum absolute atomic E-state index is 11.5. The number of nitrogens with one attached hydrogen (secondary N) is 1. The van der Waals surface area contributed by atoms with Crippen molar-refractivity contribution in [2.24, 2.45) is 0 Å². The Kier molecular flexibility index (Phi) is 2.69. The van der Waals surface area contributed by atoms with Gasteiger partial charge in [0.25, 0.3) is 0 Å². The van der Waals surface area contributed by atoms with Gasteiger partial charge < -0.3 is 9.64 Å². The number of nitrogens with zero attached hydrogens (tertiary/aromatic N) is 1. The van der Waals surface area contributed by atoms with Gasteiger partial charge in [-0.25, -0.2) is 4.79 Å². The third kappa shape index (κ3) is 1.88. The molecule has 1 aromatic rings. The standard InChI is InChI=1S/C9H12N2O2S/c1-13-7-5-11(6-7)9(12)10-8-3-2-4-14-8/h2-4,7H,5-6H2,1H3,(H,10,12). The molecule has 1 aliphatic rings. The molecular weight excluding hydrogens is 200 g/mol. The van der Waals surface area contributed by atoms with Crippen molar-refractivity contribution in [1.82, 2.24) is 4.90 Å². The van der Waals surface area contributed by atoms with Crippen LogP contribution in [0, 0.1) is 0 Å². The van der Waals surface area contributed by atoms with E-state index < -0.39 is 0 Å². The minimum absolute atomic E-state index is 0.0410. The highest BCUT2D eigenvalue weighted by atomic mass is 32.1. The van der Waals surface area contributed by atoms with Gasteiger partial charge in [-0.15, -0.1) is 11.3 Å². The van der Waals surface area contributed by atoms with Gasteiger partial charge in [-0.05, 0) is 17.5 Å². The Morgan fingerprint density at radius 1 is 1.71 bits per heavy atom. The number of rotatable bonds is 2. The van der Waals surface area contributed by atoms with Crippen LogP contribution in [0.4, 0.5) is 9.80 Å². The third-order valence-corrected chi connectivity index (χ3v) is 3.01. The van der Waals surface area contributed by atoms with Crippen LogP contribution in [-0.2, 0) is 4.74 Å². The number of hydrogen-bond acceptors (Lipinski definition) is 3. The summed E-state index contributed by atoms with van der Waals surface area (Å²) in [7, 11) is 1.67. The molecule has 0 unspecified atom stereocenters. The van der Waals surface area contributed by atoms with E-state index in [2.05, 4.69) is 5.32 Å². The fraction of sp³-hybridized carbons (Fsp3) is 0.444. The van der Waals surface area contributed by atoms with Crippen LogP contribution in [0.1, 0.15) is 0 Å². The zero-order valence-electron chi connectivity index (χ0n) is 7.90. The van der Waals surface area contributed by atoms with Gasteiger partial charge in [0.05, 0.1) is 24.2 Å². The summed E-state index contributed by atoms with van der Waals surface area (Å²) in [5.74, 6) is 0. The molecule has 0 atom stereocenters. The number of likely N-dealkylation sites (tertiary alicyclic amines) is 1. The van der Waals surface area contributed by atoms with E-state index in [1.807, 2.05) is 17.5 Å². The molecule has 0 radical (unpaired) electrons. The van der Waals surface area contributed by atoms with Crippen molar-refractivity contribution in [2.75, 3.05) is 25.5 Å². The number of urea groups is 1. The Labute approximate surface area is 86.5 Å². The number of thiophene rings is 1. The lowest BCUT2D eigenvalue weighted by Gasteiger charge is -2.37. The molecule has 2 heterocycles. The SMILES string of the molecule is COC1CN(C(=O)Nc2cccs2)C1. The fourth-order valence-corrected chi connectivity index (χ4v) is 1.89. The first-order valence-electron chi connectivity index (χ1n) is 4.42. The average Bonchev–Trinajstić information content (AvgIpc) is 2.54. The number of amides is 2. The fourth-order valence-electron chi connectivity index (χ4n) is 1.29. The van der Waals surface area contributed by atoms with Crippen molar-refractivity contribution in [3.8, 4) is 0 Å². The Morgan fingerprint density at radius 3 is 3.07 bits per heavy atom. The Morgan fingerprint density at radius 2 is 2.50 bits per heavy atom. The molecule has 0 aliphatic carbocycles. The van der Waals surface area contributed by atoms with Crippen molar-refractivity contribution in [3.05, 3.63) is 17.5 Å². The number of anilines is 1. The molecule has 2 amide bonds. The molecular formula is C9H12N2O2S.